The Hall–Kier alpha value is -1.38. The van der Waals surface area contributed by atoms with Gasteiger partial charge in [-0.15, -0.1) is 11.3 Å². The van der Waals surface area contributed by atoms with Gasteiger partial charge in [0.25, 0.3) is 0 Å². The molecule has 2 heteroatoms. The standard InChI is InChI=1S/C16H19NS/c1-3-15-9-10-16(18-15)12-17-11-13(2)14-7-5-4-6-8-14/h4-10,17H,2-3,11-12H2,1H3. The molecule has 0 atom stereocenters. The second kappa shape index (κ2) is 6.53. The maximum absolute atomic E-state index is 4.12. The maximum Gasteiger partial charge on any atom is 0.0303 e. The Balaban J connectivity index is 1.80. The molecule has 94 valence electrons. The Morgan fingerprint density at radius 2 is 1.83 bits per heavy atom. The number of hydrogen-bond donors (Lipinski definition) is 1. The predicted molar refractivity (Wildman–Crippen MR) is 80.9 cm³/mol. The SMILES string of the molecule is C=C(CNCc1ccc(CC)s1)c1ccccc1. The lowest BCUT2D eigenvalue weighted by molar-refractivity contribution is 0.779. The van der Waals surface area contributed by atoms with E-state index in [9.17, 15) is 0 Å². The third-order valence-electron chi connectivity index (χ3n) is 2.89. The van der Waals surface area contributed by atoms with Gasteiger partial charge in [0.15, 0.2) is 0 Å². The fourth-order valence-corrected chi connectivity index (χ4v) is 2.75. The van der Waals surface area contributed by atoms with Crippen molar-refractivity contribution in [2.45, 2.75) is 19.9 Å². The highest BCUT2D eigenvalue weighted by Gasteiger charge is 2.00. The molecule has 1 N–H and O–H groups in total. The lowest BCUT2D eigenvalue weighted by Crippen LogP contribution is -2.14. The molecule has 2 aromatic rings. The number of thiophene rings is 1. The minimum atomic E-state index is 0.837. The van der Waals surface area contributed by atoms with Crippen molar-refractivity contribution in [1.29, 1.82) is 0 Å². The summed E-state index contributed by atoms with van der Waals surface area (Å²) in [5, 5.41) is 3.45. The third-order valence-corrected chi connectivity index (χ3v) is 4.11. The zero-order valence-corrected chi connectivity index (χ0v) is 11.6. The predicted octanol–water partition coefficient (Wildman–Crippen LogP) is 4.11. The summed E-state index contributed by atoms with van der Waals surface area (Å²) in [5.74, 6) is 0. The van der Waals surface area contributed by atoms with Crippen LogP contribution < -0.4 is 5.32 Å². The minimum Gasteiger partial charge on any atom is -0.308 e. The highest BCUT2D eigenvalue weighted by molar-refractivity contribution is 7.11. The van der Waals surface area contributed by atoms with Crippen molar-refractivity contribution in [3.8, 4) is 0 Å². The Labute approximate surface area is 113 Å². The van der Waals surface area contributed by atoms with E-state index in [2.05, 4.69) is 43.1 Å². The highest BCUT2D eigenvalue weighted by atomic mass is 32.1. The number of nitrogens with one attached hydrogen (secondary N) is 1. The quantitative estimate of drug-likeness (QED) is 0.821. The molecule has 0 spiro atoms. The summed E-state index contributed by atoms with van der Waals surface area (Å²) in [5.41, 5.74) is 2.35. The molecule has 0 aliphatic carbocycles. The molecule has 18 heavy (non-hydrogen) atoms. The van der Waals surface area contributed by atoms with Gasteiger partial charge in [0.05, 0.1) is 0 Å². The first-order valence-electron chi connectivity index (χ1n) is 6.31. The Kier molecular flexibility index (Phi) is 4.73. The molecule has 1 aromatic carbocycles. The third kappa shape index (κ3) is 3.56. The average Bonchev–Trinajstić information content (AvgIpc) is 2.87. The molecular weight excluding hydrogens is 238 g/mol. The van der Waals surface area contributed by atoms with Crippen LogP contribution in [-0.2, 0) is 13.0 Å². The molecule has 2 rings (SSSR count). The van der Waals surface area contributed by atoms with E-state index < -0.39 is 0 Å². The molecule has 0 aliphatic rings. The number of benzene rings is 1. The fraction of sp³-hybridized carbons (Fsp3) is 0.250. The van der Waals surface area contributed by atoms with Crippen molar-refractivity contribution in [3.63, 3.8) is 0 Å². The van der Waals surface area contributed by atoms with E-state index in [1.54, 1.807) is 0 Å². The van der Waals surface area contributed by atoms with Crippen molar-refractivity contribution in [2.75, 3.05) is 6.54 Å². The Morgan fingerprint density at radius 1 is 1.11 bits per heavy atom. The van der Waals surface area contributed by atoms with Gasteiger partial charge in [0.2, 0.25) is 0 Å². The van der Waals surface area contributed by atoms with Crippen molar-refractivity contribution in [1.82, 2.24) is 5.32 Å². The van der Waals surface area contributed by atoms with Crippen molar-refractivity contribution in [3.05, 3.63) is 64.4 Å². The second-order valence-corrected chi connectivity index (χ2v) is 5.55. The molecule has 0 radical (unpaired) electrons. The van der Waals surface area contributed by atoms with E-state index >= 15 is 0 Å². The summed E-state index contributed by atoms with van der Waals surface area (Å²) in [6.07, 6.45) is 1.13. The van der Waals surface area contributed by atoms with Gasteiger partial charge >= 0.3 is 0 Å². The highest BCUT2D eigenvalue weighted by Crippen LogP contribution is 2.17. The van der Waals surface area contributed by atoms with Gasteiger partial charge in [0.1, 0.15) is 0 Å². The lowest BCUT2D eigenvalue weighted by Gasteiger charge is -2.06. The summed E-state index contributed by atoms with van der Waals surface area (Å²) in [6.45, 7) is 8.08. The zero-order valence-electron chi connectivity index (χ0n) is 10.8. The number of rotatable bonds is 6. The van der Waals surface area contributed by atoms with Crippen LogP contribution >= 0.6 is 11.3 Å². The summed E-state index contributed by atoms with van der Waals surface area (Å²) in [4.78, 5) is 2.85. The monoisotopic (exact) mass is 257 g/mol. The Bertz CT molecular complexity index is 499. The second-order valence-electron chi connectivity index (χ2n) is 4.29. The van der Waals surface area contributed by atoms with E-state index in [1.807, 2.05) is 29.5 Å². The van der Waals surface area contributed by atoms with E-state index in [1.165, 1.54) is 15.3 Å². The van der Waals surface area contributed by atoms with Crippen LogP contribution in [0.1, 0.15) is 22.2 Å². The van der Waals surface area contributed by atoms with Gasteiger partial charge in [-0.25, -0.2) is 0 Å². The molecule has 0 amide bonds. The molecule has 0 saturated heterocycles. The summed E-state index contributed by atoms with van der Waals surface area (Å²) in [6, 6.07) is 14.8. The lowest BCUT2D eigenvalue weighted by atomic mass is 10.1. The normalized spacial score (nSPS) is 10.5. The van der Waals surface area contributed by atoms with Crippen molar-refractivity contribution >= 4 is 16.9 Å². The molecule has 0 aliphatic heterocycles. The Morgan fingerprint density at radius 3 is 2.50 bits per heavy atom. The minimum absolute atomic E-state index is 0.837. The van der Waals surface area contributed by atoms with Gasteiger partial charge in [-0.2, -0.15) is 0 Å². The molecule has 1 heterocycles. The van der Waals surface area contributed by atoms with Crippen LogP contribution in [0.15, 0.2) is 49.0 Å². The first kappa shape index (κ1) is 13.1. The van der Waals surface area contributed by atoms with Gasteiger partial charge in [-0.1, -0.05) is 43.8 Å². The largest absolute Gasteiger partial charge is 0.308 e. The van der Waals surface area contributed by atoms with Crippen LogP contribution in [0.25, 0.3) is 5.57 Å². The topological polar surface area (TPSA) is 12.0 Å². The van der Waals surface area contributed by atoms with Crippen LogP contribution in [0, 0.1) is 0 Å². The van der Waals surface area contributed by atoms with Crippen LogP contribution in [0.5, 0.6) is 0 Å². The van der Waals surface area contributed by atoms with Crippen LogP contribution in [0.4, 0.5) is 0 Å². The van der Waals surface area contributed by atoms with E-state index in [0.29, 0.717) is 0 Å². The van der Waals surface area contributed by atoms with Gasteiger partial charge < -0.3 is 5.32 Å². The molecule has 0 bridgehead atoms. The van der Waals surface area contributed by atoms with Crippen LogP contribution in [-0.4, -0.2) is 6.54 Å². The first-order chi connectivity index (χ1) is 8.79. The number of aryl methyl sites for hydroxylation is 1. The maximum atomic E-state index is 4.12. The van der Waals surface area contributed by atoms with E-state index in [4.69, 9.17) is 0 Å². The smallest absolute Gasteiger partial charge is 0.0303 e. The summed E-state index contributed by atoms with van der Waals surface area (Å²) >= 11 is 1.89. The summed E-state index contributed by atoms with van der Waals surface area (Å²) in [7, 11) is 0. The van der Waals surface area contributed by atoms with Crippen molar-refractivity contribution in [2.24, 2.45) is 0 Å². The van der Waals surface area contributed by atoms with Crippen molar-refractivity contribution < 1.29 is 0 Å². The molecule has 1 aromatic heterocycles. The molecule has 0 saturated carbocycles. The van der Waals surface area contributed by atoms with Crippen LogP contribution in [0.2, 0.25) is 0 Å². The molecule has 0 unspecified atom stereocenters. The molecule has 1 nitrogen and oxygen atoms in total. The average molecular weight is 257 g/mol. The zero-order chi connectivity index (χ0) is 12.8. The molecule has 0 fully saturated rings. The van der Waals surface area contributed by atoms with Gasteiger partial charge in [-0.3, -0.25) is 0 Å². The fourth-order valence-electron chi connectivity index (χ4n) is 1.82. The van der Waals surface area contributed by atoms with Gasteiger partial charge in [-0.05, 0) is 29.7 Å². The first-order valence-corrected chi connectivity index (χ1v) is 7.12. The summed E-state index contributed by atoms with van der Waals surface area (Å²) < 4.78 is 0. The van der Waals surface area contributed by atoms with E-state index in [0.717, 1.165) is 25.1 Å². The number of hydrogen-bond acceptors (Lipinski definition) is 2. The van der Waals surface area contributed by atoms with Crippen LogP contribution in [0.3, 0.4) is 0 Å². The van der Waals surface area contributed by atoms with E-state index in [-0.39, 0.29) is 0 Å². The van der Waals surface area contributed by atoms with Gasteiger partial charge in [0, 0.05) is 22.8 Å². The molecular formula is C16H19NS.